The van der Waals surface area contributed by atoms with Crippen molar-refractivity contribution in [1.82, 2.24) is 10.9 Å². The number of rotatable bonds is 2. The Morgan fingerprint density at radius 3 is 2.53 bits per heavy atom. The third kappa shape index (κ3) is 4.30. The largest absolute Gasteiger partial charge is 0.331 e. The Morgan fingerprint density at radius 2 is 1.89 bits per heavy atom. The van der Waals surface area contributed by atoms with Crippen molar-refractivity contribution >= 4 is 56.2 Å². The molecule has 0 unspecified atom stereocenters. The van der Waals surface area contributed by atoms with E-state index in [2.05, 4.69) is 32.1 Å². The first-order valence-electron chi connectivity index (χ1n) is 5.31. The lowest BCUT2D eigenvalue weighted by Crippen LogP contribution is -2.43. The van der Waals surface area contributed by atoms with Gasteiger partial charge in [-0.3, -0.25) is 15.6 Å². The number of hydrogen-bond acceptors (Lipinski definition) is 3. The van der Waals surface area contributed by atoms with E-state index in [4.69, 9.17) is 12.2 Å². The number of nitrogens with one attached hydrogen (secondary N) is 3. The van der Waals surface area contributed by atoms with Crippen molar-refractivity contribution in [3.8, 4) is 0 Å². The fraction of sp³-hybridized carbons (Fsp3) is 0. The lowest BCUT2D eigenvalue weighted by atomic mass is 10.3. The van der Waals surface area contributed by atoms with Crippen LogP contribution in [0.15, 0.2) is 46.3 Å². The highest BCUT2D eigenvalue weighted by Gasteiger charge is 2.06. The van der Waals surface area contributed by atoms with Crippen LogP contribution in [-0.4, -0.2) is 11.0 Å². The summed E-state index contributed by atoms with van der Waals surface area (Å²) in [6.07, 6.45) is 0. The Kier molecular flexibility index (Phi) is 4.89. The number of thiocarbonyl (C=S) groups is 1. The van der Waals surface area contributed by atoms with Crippen molar-refractivity contribution in [2.45, 2.75) is 0 Å². The second-order valence-electron chi connectivity index (χ2n) is 3.52. The maximum Gasteiger partial charge on any atom is 0.279 e. The van der Waals surface area contributed by atoms with Gasteiger partial charge in [0.05, 0.1) is 4.88 Å². The van der Waals surface area contributed by atoms with Gasteiger partial charge in [0, 0.05) is 10.2 Å². The Labute approximate surface area is 128 Å². The minimum absolute atomic E-state index is 0.213. The number of amides is 1. The molecule has 0 saturated carbocycles. The lowest BCUT2D eigenvalue weighted by molar-refractivity contribution is 0.0948. The summed E-state index contributed by atoms with van der Waals surface area (Å²) in [6.45, 7) is 0. The van der Waals surface area contributed by atoms with Crippen molar-refractivity contribution in [2.24, 2.45) is 0 Å². The predicted octanol–water partition coefficient (Wildman–Crippen LogP) is 3.14. The van der Waals surface area contributed by atoms with Gasteiger partial charge in [0.25, 0.3) is 5.91 Å². The van der Waals surface area contributed by atoms with E-state index in [1.807, 2.05) is 35.7 Å². The van der Waals surface area contributed by atoms with Gasteiger partial charge in [-0.15, -0.1) is 11.3 Å². The SMILES string of the molecule is O=C(NNC(=S)Nc1ccc(Br)cc1)c1cccs1. The topological polar surface area (TPSA) is 53.2 Å². The van der Waals surface area contributed by atoms with Gasteiger partial charge < -0.3 is 5.32 Å². The molecule has 0 atom stereocenters. The summed E-state index contributed by atoms with van der Waals surface area (Å²) >= 11 is 9.79. The van der Waals surface area contributed by atoms with Crippen LogP contribution < -0.4 is 16.2 Å². The van der Waals surface area contributed by atoms with Crippen LogP contribution in [0.5, 0.6) is 0 Å². The maximum absolute atomic E-state index is 11.7. The molecule has 0 spiro atoms. The minimum Gasteiger partial charge on any atom is -0.331 e. The first-order valence-corrected chi connectivity index (χ1v) is 7.39. The first kappa shape index (κ1) is 14.0. The quantitative estimate of drug-likeness (QED) is 0.572. The Morgan fingerprint density at radius 1 is 1.16 bits per heavy atom. The second kappa shape index (κ2) is 6.65. The van der Waals surface area contributed by atoms with Crippen molar-refractivity contribution in [3.05, 3.63) is 51.1 Å². The van der Waals surface area contributed by atoms with E-state index in [9.17, 15) is 4.79 Å². The summed E-state index contributed by atoms with van der Waals surface area (Å²) in [7, 11) is 0. The number of carbonyl (C=O) groups is 1. The van der Waals surface area contributed by atoms with Crippen LogP contribution >= 0.6 is 39.5 Å². The monoisotopic (exact) mass is 355 g/mol. The van der Waals surface area contributed by atoms with Crippen molar-refractivity contribution in [3.63, 3.8) is 0 Å². The molecule has 0 aliphatic carbocycles. The number of carbonyl (C=O) groups excluding carboxylic acids is 1. The summed E-state index contributed by atoms with van der Waals surface area (Å²) in [6, 6.07) is 11.1. The maximum atomic E-state index is 11.7. The zero-order chi connectivity index (χ0) is 13.7. The van der Waals surface area contributed by atoms with Gasteiger partial charge in [-0.25, -0.2) is 0 Å². The van der Waals surface area contributed by atoms with Crippen molar-refractivity contribution in [1.29, 1.82) is 0 Å². The standard InChI is InChI=1S/C12H10BrN3OS2/c13-8-3-5-9(6-4-8)14-12(18)16-15-11(17)10-2-1-7-19-10/h1-7H,(H,15,17)(H2,14,16,18). The van der Waals surface area contributed by atoms with Crippen LogP contribution in [-0.2, 0) is 0 Å². The second-order valence-corrected chi connectivity index (χ2v) is 5.79. The average Bonchev–Trinajstić information content (AvgIpc) is 2.93. The van der Waals surface area contributed by atoms with Crippen LogP contribution in [0.1, 0.15) is 9.67 Å². The molecule has 98 valence electrons. The Balaban J connectivity index is 1.82. The molecule has 0 aliphatic heterocycles. The van der Waals surface area contributed by atoms with E-state index >= 15 is 0 Å². The number of benzene rings is 1. The average molecular weight is 356 g/mol. The van der Waals surface area contributed by atoms with Gasteiger partial charge in [-0.2, -0.15) is 0 Å². The molecular formula is C12H10BrN3OS2. The van der Waals surface area contributed by atoms with Gasteiger partial charge in [-0.05, 0) is 47.9 Å². The molecule has 0 aliphatic rings. The van der Waals surface area contributed by atoms with Gasteiger partial charge in [-0.1, -0.05) is 22.0 Å². The molecule has 19 heavy (non-hydrogen) atoms. The summed E-state index contributed by atoms with van der Waals surface area (Å²) in [4.78, 5) is 12.3. The molecule has 0 bridgehead atoms. The van der Waals surface area contributed by atoms with Gasteiger partial charge >= 0.3 is 0 Å². The zero-order valence-corrected chi connectivity index (χ0v) is 12.9. The van der Waals surface area contributed by atoms with E-state index in [0.717, 1.165) is 10.2 Å². The van der Waals surface area contributed by atoms with Crippen molar-refractivity contribution < 1.29 is 4.79 Å². The van der Waals surface area contributed by atoms with Crippen LogP contribution in [0, 0.1) is 0 Å². The summed E-state index contributed by atoms with van der Waals surface area (Å²) < 4.78 is 0.989. The van der Waals surface area contributed by atoms with Gasteiger partial charge in [0.1, 0.15) is 0 Å². The molecule has 7 heteroatoms. The van der Waals surface area contributed by atoms with E-state index in [1.54, 1.807) is 6.07 Å². The first-order chi connectivity index (χ1) is 9.15. The lowest BCUT2D eigenvalue weighted by Gasteiger charge is -2.11. The highest BCUT2D eigenvalue weighted by molar-refractivity contribution is 9.10. The number of hydrazine groups is 1. The number of anilines is 1. The van der Waals surface area contributed by atoms with Crippen LogP contribution in [0.25, 0.3) is 0 Å². The predicted molar refractivity (Wildman–Crippen MR) is 85.3 cm³/mol. The number of hydrogen-bond donors (Lipinski definition) is 3. The highest BCUT2D eigenvalue weighted by Crippen LogP contribution is 2.13. The summed E-state index contributed by atoms with van der Waals surface area (Å²) in [5.74, 6) is -0.213. The fourth-order valence-corrected chi connectivity index (χ4v) is 2.33. The zero-order valence-electron chi connectivity index (χ0n) is 9.64. The molecule has 1 heterocycles. The molecule has 1 aromatic carbocycles. The molecule has 4 nitrogen and oxygen atoms in total. The highest BCUT2D eigenvalue weighted by atomic mass is 79.9. The van der Waals surface area contributed by atoms with E-state index in [1.165, 1.54) is 11.3 Å². The molecule has 0 radical (unpaired) electrons. The van der Waals surface area contributed by atoms with E-state index in [-0.39, 0.29) is 5.91 Å². The minimum atomic E-state index is -0.213. The fourth-order valence-electron chi connectivity index (χ4n) is 1.28. The summed E-state index contributed by atoms with van der Waals surface area (Å²) in [5.41, 5.74) is 6.01. The third-order valence-electron chi connectivity index (χ3n) is 2.14. The Hall–Kier alpha value is -1.44. The molecule has 0 saturated heterocycles. The van der Waals surface area contributed by atoms with Crippen LogP contribution in [0.4, 0.5) is 5.69 Å². The molecule has 0 fully saturated rings. The molecule has 2 rings (SSSR count). The number of thiophene rings is 1. The summed E-state index contributed by atoms with van der Waals surface area (Å²) in [5, 5.41) is 5.12. The normalized spacial score (nSPS) is 9.74. The van der Waals surface area contributed by atoms with Crippen molar-refractivity contribution in [2.75, 3.05) is 5.32 Å². The number of halogens is 1. The van der Waals surface area contributed by atoms with Crippen LogP contribution in [0.3, 0.4) is 0 Å². The molecule has 1 aromatic heterocycles. The third-order valence-corrected chi connectivity index (χ3v) is 3.74. The molecule has 2 aromatic rings. The van der Waals surface area contributed by atoms with Gasteiger partial charge in [0.2, 0.25) is 0 Å². The van der Waals surface area contributed by atoms with Crippen LogP contribution in [0.2, 0.25) is 0 Å². The molecule has 1 amide bonds. The smallest absolute Gasteiger partial charge is 0.279 e. The van der Waals surface area contributed by atoms with E-state index in [0.29, 0.717) is 9.99 Å². The Bertz CT molecular complexity index is 569. The molecule has 3 N–H and O–H groups in total. The van der Waals surface area contributed by atoms with E-state index < -0.39 is 0 Å². The van der Waals surface area contributed by atoms with Gasteiger partial charge in [0.15, 0.2) is 5.11 Å². The molecular weight excluding hydrogens is 346 g/mol.